The van der Waals surface area contributed by atoms with Crippen molar-refractivity contribution in [1.82, 2.24) is 14.9 Å². The van der Waals surface area contributed by atoms with Crippen LogP contribution >= 0.6 is 27.5 Å². The van der Waals surface area contributed by atoms with E-state index in [0.717, 1.165) is 54.9 Å². The van der Waals surface area contributed by atoms with E-state index in [4.69, 9.17) is 11.6 Å². The van der Waals surface area contributed by atoms with Gasteiger partial charge in [-0.15, -0.1) is 0 Å². The lowest BCUT2D eigenvalue weighted by Crippen LogP contribution is -2.33. The summed E-state index contributed by atoms with van der Waals surface area (Å²) in [6.45, 7) is 3.23. The molecule has 4 aromatic rings. The Morgan fingerprint density at radius 2 is 1.59 bits per heavy atom. The summed E-state index contributed by atoms with van der Waals surface area (Å²) in [6, 6.07) is 20.2. The molecule has 1 aliphatic rings. The Balaban J connectivity index is 1.21. The average Bonchev–Trinajstić information content (AvgIpc) is 2.91. The second-order valence-corrected chi connectivity index (χ2v) is 10.4. The summed E-state index contributed by atoms with van der Waals surface area (Å²) >= 11 is 9.27. The van der Waals surface area contributed by atoms with Crippen LogP contribution in [0.4, 0.5) is 14.5 Å². The molecule has 190 valence electrons. The van der Waals surface area contributed by atoms with Gasteiger partial charge in [0.2, 0.25) is 0 Å². The predicted octanol–water partition coefficient (Wildman–Crippen LogP) is 7.83. The first-order chi connectivity index (χ1) is 17.9. The van der Waals surface area contributed by atoms with Crippen LogP contribution in [0.3, 0.4) is 0 Å². The predicted molar refractivity (Wildman–Crippen MR) is 148 cm³/mol. The Bertz CT molecular complexity index is 1360. The molecule has 4 nitrogen and oxygen atoms in total. The molecule has 0 saturated carbocycles. The minimum absolute atomic E-state index is 0.228. The van der Waals surface area contributed by atoms with Crippen molar-refractivity contribution >= 4 is 33.2 Å². The summed E-state index contributed by atoms with van der Waals surface area (Å²) in [4.78, 5) is 11.0. The van der Waals surface area contributed by atoms with E-state index in [9.17, 15) is 8.78 Å². The van der Waals surface area contributed by atoms with Crippen LogP contribution in [-0.2, 0) is 13.1 Å². The van der Waals surface area contributed by atoms with Gasteiger partial charge in [-0.1, -0.05) is 48.0 Å². The summed E-state index contributed by atoms with van der Waals surface area (Å²) < 4.78 is 27.8. The van der Waals surface area contributed by atoms with E-state index in [-0.39, 0.29) is 22.2 Å². The lowest BCUT2D eigenvalue weighted by Gasteiger charge is -2.32. The number of likely N-dealkylation sites (tertiary alicyclic amines) is 1. The fourth-order valence-electron chi connectivity index (χ4n) is 4.75. The zero-order chi connectivity index (χ0) is 25.8. The van der Waals surface area contributed by atoms with Crippen molar-refractivity contribution in [1.29, 1.82) is 0 Å². The zero-order valence-electron chi connectivity index (χ0n) is 20.1. The lowest BCUT2D eigenvalue weighted by molar-refractivity contribution is 0.203. The van der Waals surface area contributed by atoms with Gasteiger partial charge in [0.1, 0.15) is 15.6 Å². The normalized spacial score (nSPS) is 14.6. The van der Waals surface area contributed by atoms with Crippen molar-refractivity contribution in [2.75, 3.05) is 18.4 Å². The maximum absolute atomic E-state index is 14.4. The molecule has 3 heterocycles. The van der Waals surface area contributed by atoms with E-state index in [2.05, 4.69) is 60.4 Å². The van der Waals surface area contributed by atoms with Crippen molar-refractivity contribution in [2.45, 2.75) is 31.8 Å². The van der Waals surface area contributed by atoms with Gasteiger partial charge in [0, 0.05) is 31.3 Å². The van der Waals surface area contributed by atoms with Crippen molar-refractivity contribution < 1.29 is 8.78 Å². The van der Waals surface area contributed by atoms with E-state index < -0.39 is 0 Å². The van der Waals surface area contributed by atoms with Crippen LogP contribution in [0, 0.1) is 11.6 Å². The smallest absolute Gasteiger partial charge is 0.158 e. The molecule has 1 aliphatic heterocycles. The summed E-state index contributed by atoms with van der Waals surface area (Å²) in [5.41, 5.74) is 5.88. The second-order valence-electron chi connectivity index (χ2n) is 9.29. The summed E-state index contributed by atoms with van der Waals surface area (Å²) in [5, 5.41) is 3.78. The minimum Gasteiger partial charge on any atom is -0.379 e. The molecule has 5 rings (SSSR count). The fourth-order valence-corrected chi connectivity index (χ4v) is 5.25. The highest BCUT2D eigenvalue weighted by molar-refractivity contribution is 9.10. The number of piperidine rings is 1. The first-order valence-electron chi connectivity index (χ1n) is 12.2. The van der Waals surface area contributed by atoms with Crippen LogP contribution in [0.15, 0.2) is 77.5 Å². The van der Waals surface area contributed by atoms with Crippen molar-refractivity contribution in [3.8, 4) is 11.1 Å². The topological polar surface area (TPSA) is 41.1 Å². The number of halogens is 4. The molecule has 0 radical (unpaired) electrons. The second kappa shape index (κ2) is 11.7. The number of hydrogen-bond acceptors (Lipinski definition) is 4. The molecule has 0 unspecified atom stereocenters. The number of pyridine rings is 2. The fraction of sp³-hybridized carbons (Fsp3) is 0.241. The molecule has 1 N–H and O–H groups in total. The third-order valence-electron chi connectivity index (χ3n) is 6.75. The van der Waals surface area contributed by atoms with Gasteiger partial charge >= 0.3 is 0 Å². The van der Waals surface area contributed by atoms with Crippen LogP contribution in [0.5, 0.6) is 0 Å². The third kappa shape index (κ3) is 6.53. The monoisotopic (exact) mass is 582 g/mol. The number of anilines is 1. The van der Waals surface area contributed by atoms with Crippen LogP contribution in [-0.4, -0.2) is 28.0 Å². The molecule has 1 saturated heterocycles. The largest absolute Gasteiger partial charge is 0.379 e. The number of rotatable bonds is 7. The molecule has 37 heavy (non-hydrogen) atoms. The summed E-state index contributed by atoms with van der Waals surface area (Å²) in [7, 11) is 0. The highest BCUT2D eigenvalue weighted by atomic mass is 79.9. The first-order valence-corrected chi connectivity index (χ1v) is 13.4. The van der Waals surface area contributed by atoms with Gasteiger partial charge in [0.05, 0.1) is 11.4 Å². The van der Waals surface area contributed by atoms with Gasteiger partial charge in [-0.25, -0.2) is 18.7 Å². The lowest BCUT2D eigenvalue weighted by atomic mass is 9.91. The van der Waals surface area contributed by atoms with Crippen molar-refractivity contribution in [3.63, 3.8) is 0 Å². The Kier molecular flexibility index (Phi) is 8.13. The standard InChI is InChI=1S/C29H26BrClF2N4/c30-29-25(33)16-26(35-17-20-9-12-34-27(31)15-20)28(36-29)23-10-13-37(14-11-23)18-19-1-3-21(4-2-19)22-5-7-24(32)8-6-22/h1-9,12,15-16,23,35H,10-11,13-14,17-18H2. The molecule has 0 aliphatic carbocycles. The van der Waals surface area contributed by atoms with E-state index in [1.54, 1.807) is 24.4 Å². The molecule has 2 aromatic heterocycles. The van der Waals surface area contributed by atoms with Crippen molar-refractivity contribution in [3.05, 3.63) is 111 Å². The van der Waals surface area contributed by atoms with E-state index in [1.807, 2.05) is 6.07 Å². The maximum Gasteiger partial charge on any atom is 0.158 e. The summed E-state index contributed by atoms with van der Waals surface area (Å²) in [6.07, 6.45) is 3.54. The molecule has 1 fully saturated rings. The van der Waals surface area contributed by atoms with Crippen LogP contribution in [0.1, 0.15) is 35.6 Å². The molecular weight excluding hydrogens is 558 g/mol. The number of benzene rings is 2. The van der Waals surface area contributed by atoms with Crippen LogP contribution < -0.4 is 5.32 Å². The van der Waals surface area contributed by atoms with Crippen molar-refractivity contribution in [2.24, 2.45) is 0 Å². The molecular formula is C29H26BrClF2N4. The quantitative estimate of drug-likeness (QED) is 0.225. The molecule has 2 aromatic carbocycles. The van der Waals surface area contributed by atoms with Gasteiger partial charge in [-0.3, -0.25) is 4.90 Å². The Morgan fingerprint density at radius 3 is 2.27 bits per heavy atom. The van der Waals surface area contributed by atoms with Gasteiger partial charge < -0.3 is 5.32 Å². The maximum atomic E-state index is 14.4. The number of nitrogens with zero attached hydrogens (tertiary/aromatic N) is 3. The van der Waals surface area contributed by atoms with Crippen LogP contribution in [0.2, 0.25) is 5.15 Å². The molecule has 0 atom stereocenters. The first kappa shape index (κ1) is 25.8. The molecule has 0 amide bonds. The Morgan fingerprint density at radius 1 is 0.919 bits per heavy atom. The minimum atomic E-state index is -0.388. The molecule has 8 heteroatoms. The van der Waals surface area contributed by atoms with Crippen LogP contribution in [0.25, 0.3) is 11.1 Å². The molecule has 0 bridgehead atoms. The number of aromatic nitrogens is 2. The zero-order valence-corrected chi connectivity index (χ0v) is 22.4. The highest BCUT2D eigenvalue weighted by Gasteiger charge is 2.25. The number of nitrogens with one attached hydrogen (secondary N) is 1. The van der Waals surface area contributed by atoms with Gasteiger partial charge in [-0.05, 0) is 88.4 Å². The highest BCUT2D eigenvalue weighted by Crippen LogP contribution is 2.34. The van der Waals surface area contributed by atoms with E-state index in [1.165, 1.54) is 23.8 Å². The number of hydrogen-bond donors (Lipinski definition) is 1. The Hall–Kier alpha value is -2.87. The SMILES string of the molecule is Fc1ccc(-c2ccc(CN3CCC(c4nc(Br)c(F)cc4NCc4ccnc(Cl)c4)CC3)cc2)cc1. The van der Waals surface area contributed by atoms with Gasteiger partial charge in [-0.2, -0.15) is 0 Å². The average molecular weight is 584 g/mol. The van der Waals surface area contributed by atoms with E-state index in [0.29, 0.717) is 17.4 Å². The molecule has 0 spiro atoms. The van der Waals surface area contributed by atoms with Gasteiger partial charge in [0.15, 0.2) is 5.82 Å². The van der Waals surface area contributed by atoms with E-state index >= 15 is 0 Å². The third-order valence-corrected chi connectivity index (χ3v) is 7.51. The summed E-state index contributed by atoms with van der Waals surface area (Å²) in [5.74, 6) is -0.383. The Labute approximate surface area is 228 Å². The van der Waals surface area contributed by atoms with Gasteiger partial charge in [0.25, 0.3) is 0 Å².